The molecule has 7 heteroatoms. The molecular weight excluding hydrogens is 297 g/mol. The van der Waals surface area contributed by atoms with E-state index in [4.69, 9.17) is 16.9 Å². The third-order valence-corrected chi connectivity index (χ3v) is 3.05. The number of nitro benzene ring substituents is 1. The second kappa shape index (κ2) is 6.20. The van der Waals surface area contributed by atoms with Gasteiger partial charge in [-0.05, 0) is 29.8 Å². The van der Waals surface area contributed by atoms with E-state index >= 15 is 0 Å². The first-order valence-electron chi connectivity index (χ1n) is 5.87. The van der Waals surface area contributed by atoms with Crippen molar-refractivity contribution in [3.05, 3.63) is 68.5 Å². The van der Waals surface area contributed by atoms with Gasteiger partial charge in [0, 0.05) is 12.6 Å². The van der Waals surface area contributed by atoms with Crippen molar-refractivity contribution in [2.45, 2.75) is 6.54 Å². The number of hydrogen-bond acceptors (Lipinski definition) is 4. The van der Waals surface area contributed by atoms with Crippen LogP contribution >= 0.6 is 11.6 Å². The van der Waals surface area contributed by atoms with Crippen LogP contribution in [0.5, 0.6) is 0 Å². The van der Waals surface area contributed by atoms with Crippen molar-refractivity contribution >= 4 is 23.0 Å². The van der Waals surface area contributed by atoms with E-state index in [0.717, 1.165) is 6.07 Å². The number of anilines is 1. The quantitative estimate of drug-likeness (QED) is 0.687. The van der Waals surface area contributed by atoms with Gasteiger partial charge in [-0.2, -0.15) is 5.26 Å². The van der Waals surface area contributed by atoms with Crippen LogP contribution in [0.15, 0.2) is 36.4 Å². The molecule has 0 fully saturated rings. The Hall–Kier alpha value is -2.65. The maximum atomic E-state index is 13.3. The predicted octanol–water partition coefficient (Wildman–Crippen LogP) is 3.87. The lowest BCUT2D eigenvalue weighted by atomic mass is 10.1. The fourth-order valence-corrected chi connectivity index (χ4v) is 2.01. The molecule has 0 heterocycles. The topological polar surface area (TPSA) is 79.0 Å². The van der Waals surface area contributed by atoms with Crippen LogP contribution in [0.4, 0.5) is 15.8 Å². The number of nitriles is 1. The molecule has 0 aliphatic carbocycles. The molecule has 2 aromatic rings. The number of halogens is 2. The van der Waals surface area contributed by atoms with Gasteiger partial charge in [-0.1, -0.05) is 11.6 Å². The lowest BCUT2D eigenvalue weighted by molar-refractivity contribution is -0.385. The highest BCUT2D eigenvalue weighted by atomic mass is 35.5. The van der Waals surface area contributed by atoms with Gasteiger partial charge in [-0.3, -0.25) is 10.1 Å². The number of nitrogens with one attached hydrogen (secondary N) is 1. The summed E-state index contributed by atoms with van der Waals surface area (Å²) in [5.41, 5.74) is 1.09. The maximum absolute atomic E-state index is 13.3. The molecule has 2 rings (SSSR count). The average molecular weight is 306 g/mol. The summed E-state index contributed by atoms with van der Waals surface area (Å²) in [5, 5.41) is 22.7. The molecule has 106 valence electrons. The highest BCUT2D eigenvalue weighted by molar-refractivity contribution is 6.33. The Morgan fingerprint density at radius 2 is 2.10 bits per heavy atom. The predicted molar refractivity (Wildman–Crippen MR) is 76.5 cm³/mol. The fraction of sp³-hybridized carbons (Fsp3) is 0.0714. The molecule has 0 radical (unpaired) electrons. The lowest BCUT2D eigenvalue weighted by Gasteiger charge is -2.09. The Balaban J connectivity index is 2.17. The third-order valence-electron chi connectivity index (χ3n) is 2.73. The Morgan fingerprint density at radius 3 is 2.71 bits per heavy atom. The van der Waals surface area contributed by atoms with Gasteiger partial charge in [0.2, 0.25) is 0 Å². The molecular formula is C14H9ClFN3O2. The summed E-state index contributed by atoms with van der Waals surface area (Å²) in [7, 11) is 0. The highest BCUT2D eigenvalue weighted by Crippen LogP contribution is 2.24. The number of hydrogen-bond donors (Lipinski definition) is 1. The molecule has 0 aliphatic rings. The first-order chi connectivity index (χ1) is 9.99. The molecule has 0 amide bonds. The van der Waals surface area contributed by atoms with Crippen molar-refractivity contribution < 1.29 is 9.31 Å². The molecule has 21 heavy (non-hydrogen) atoms. The summed E-state index contributed by atoms with van der Waals surface area (Å²) in [6.07, 6.45) is 0. The van der Waals surface area contributed by atoms with Crippen LogP contribution in [0.25, 0.3) is 0 Å². The minimum absolute atomic E-state index is 0.171. The Morgan fingerprint density at radius 1 is 1.33 bits per heavy atom. The van der Waals surface area contributed by atoms with Crippen LogP contribution in [0.1, 0.15) is 11.1 Å². The summed E-state index contributed by atoms with van der Waals surface area (Å²) >= 11 is 5.99. The van der Waals surface area contributed by atoms with E-state index in [1.807, 2.05) is 6.07 Å². The van der Waals surface area contributed by atoms with E-state index < -0.39 is 10.7 Å². The van der Waals surface area contributed by atoms with Crippen molar-refractivity contribution in [2.24, 2.45) is 0 Å². The van der Waals surface area contributed by atoms with E-state index in [2.05, 4.69) is 5.32 Å². The molecule has 1 N–H and O–H groups in total. The zero-order valence-electron chi connectivity index (χ0n) is 10.6. The second-order valence-electron chi connectivity index (χ2n) is 4.23. The monoisotopic (exact) mass is 305 g/mol. The second-order valence-corrected chi connectivity index (χ2v) is 4.64. The van der Waals surface area contributed by atoms with Crippen LogP contribution < -0.4 is 5.32 Å². The molecule has 5 nitrogen and oxygen atoms in total. The van der Waals surface area contributed by atoms with Gasteiger partial charge in [0.15, 0.2) is 0 Å². The van der Waals surface area contributed by atoms with E-state index in [-0.39, 0.29) is 12.2 Å². The Labute approximate surface area is 124 Å². The molecule has 0 aliphatic heterocycles. The van der Waals surface area contributed by atoms with Crippen LogP contribution in [-0.4, -0.2) is 4.92 Å². The van der Waals surface area contributed by atoms with Crippen molar-refractivity contribution in [2.75, 3.05) is 5.32 Å². The van der Waals surface area contributed by atoms with Crippen LogP contribution in [0.3, 0.4) is 0 Å². The van der Waals surface area contributed by atoms with Crippen LogP contribution in [0.2, 0.25) is 5.02 Å². The third kappa shape index (κ3) is 3.68. The van der Waals surface area contributed by atoms with Crippen LogP contribution in [-0.2, 0) is 6.54 Å². The zero-order valence-corrected chi connectivity index (χ0v) is 11.4. The van der Waals surface area contributed by atoms with Gasteiger partial charge in [0.05, 0.1) is 33.3 Å². The van der Waals surface area contributed by atoms with Crippen molar-refractivity contribution in [1.29, 1.82) is 5.26 Å². The minimum Gasteiger partial charge on any atom is -0.380 e. The van der Waals surface area contributed by atoms with E-state index in [0.29, 0.717) is 21.8 Å². The van der Waals surface area contributed by atoms with Crippen molar-refractivity contribution in [3.63, 3.8) is 0 Å². The molecule has 0 saturated heterocycles. The van der Waals surface area contributed by atoms with Crippen LogP contribution in [0, 0.1) is 27.3 Å². The van der Waals surface area contributed by atoms with Gasteiger partial charge in [0.1, 0.15) is 5.82 Å². The maximum Gasteiger partial charge on any atom is 0.272 e. The Kier molecular flexibility index (Phi) is 4.36. The Bertz CT molecular complexity index is 743. The minimum atomic E-state index is -0.674. The van der Waals surface area contributed by atoms with Gasteiger partial charge in [0.25, 0.3) is 5.69 Å². The van der Waals surface area contributed by atoms with E-state index in [1.165, 1.54) is 18.2 Å². The summed E-state index contributed by atoms with van der Waals surface area (Å²) in [6.45, 7) is 0.171. The fourth-order valence-electron chi connectivity index (χ4n) is 1.77. The molecule has 2 aromatic carbocycles. The zero-order chi connectivity index (χ0) is 15.4. The van der Waals surface area contributed by atoms with E-state index in [9.17, 15) is 14.5 Å². The first-order valence-corrected chi connectivity index (χ1v) is 6.25. The largest absolute Gasteiger partial charge is 0.380 e. The normalized spacial score (nSPS) is 9.95. The summed E-state index contributed by atoms with van der Waals surface area (Å²) in [6, 6.07) is 10.0. The van der Waals surface area contributed by atoms with Crippen molar-refractivity contribution in [3.8, 4) is 6.07 Å². The molecule has 0 saturated carbocycles. The number of non-ortho nitro benzene ring substituents is 1. The molecule has 0 aromatic heterocycles. The SMILES string of the molecule is N#Cc1ccc(NCc2cc(F)cc([N+](=O)[O-])c2)c(Cl)c1. The number of nitro groups is 1. The molecule has 0 unspecified atom stereocenters. The van der Waals surface area contributed by atoms with Crippen molar-refractivity contribution in [1.82, 2.24) is 0 Å². The molecule has 0 spiro atoms. The van der Waals surface area contributed by atoms with E-state index in [1.54, 1.807) is 12.1 Å². The molecule has 0 bridgehead atoms. The smallest absolute Gasteiger partial charge is 0.272 e. The standard InChI is InChI=1S/C14H9ClFN3O2/c15-13-5-9(7-17)1-2-14(13)18-8-10-3-11(16)6-12(4-10)19(20)21/h1-6,18H,8H2. The number of nitrogens with zero attached hydrogens (tertiary/aromatic N) is 2. The van der Waals surface area contributed by atoms with Gasteiger partial charge in [-0.15, -0.1) is 0 Å². The van der Waals surface area contributed by atoms with Gasteiger partial charge >= 0.3 is 0 Å². The first kappa shape index (κ1) is 14.8. The average Bonchev–Trinajstić information content (AvgIpc) is 2.45. The van der Waals surface area contributed by atoms with Gasteiger partial charge < -0.3 is 5.32 Å². The number of rotatable bonds is 4. The summed E-state index contributed by atoms with van der Waals surface area (Å²) in [5.74, 6) is -0.674. The molecule has 0 atom stereocenters. The number of benzene rings is 2. The highest BCUT2D eigenvalue weighted by Gasteiger charge is 2.10. The van der Waals surface area contributed by atoms with Gasteiger partial charge in [-0.25, -0.2) is 4.39 Å². The lowest BCUT2D eigenvalue weighted by Crippen LogP contribution is -2.02. The summed E-state index contributed by atoms with van der Waals surface area (Å²) in [4.78, 5) is 10.0. The summed E-state index contributed by atoms with van der Waals surface area (Å²) < 4.78 is 13.3.